The number of benzene rings is 1. The van der Waals surface area contributed by atoms with Gasteiger partial charge in [-0.2, -0.15) is 0 Å². The molecule has 0 amide bonds. The van der Waals surface area contributed by atoms with Crippen LogP contribution in [0.15, 0.2) is 33.3 Å². The molecule has 0 bridgehead atoms. The van der Waals surface area contributed by atoms with Crippen molar-refractivity contribution in [3.05, 3.63) is 44.6 Å². The Kier molecular flexibility index (Phi) is 4.50. The molecule has 5 nitrogen and oxygen atoms in total. The van der Waals surface area contributed by atoms with E-state index in [1.807, 2.05) is 19.2 Å². The zero-order chi connectivity index (χ0) is 13.1. The lowest BCUT2D eigenvalue weighted by atomic mass is 10.0. The van der Waals surface area contributed by atoms with Crippen molar-refractivity contribution in [2.24, 2.45) is 12.9 Å². The number of hydrazine groups is 1. The minimum Gasteiger partial charge on any atom is -0.271 e. The minimum absolute atomic E-state index is 0.0412. The fraction of sp³-hybridized carbons (Fsp3) is 0.273. The topological polar surface area (TPSA) is 68.8 Å². The van der Waals surface area contributed by atoms with E-state index in [9.17, 15) is 0 Å². The minimum atomic E-state index is -0.0412. The van der Waals surface area contributed by atoms with Crippen molar-refractivity contribution in [3.8, 4) is 0 Å². The molecule has 0 aliphatic heterocycles. The molecule has 96 valence electrons. The Morgan fingerprint density at radius 3 is 2.50 bits per heavy atom. The predicted octanol–water partition coefficient (Wildman–Crippen LogP) is 2.09. The van der Waals surface area contributed by atoms with Gasteiger partial charge in [-0.1, -0.05) is 33.3 Å². The van der Waals surface area contributed by atoms with Crippen LogP contribution in [-0.2, 0) is 13.5 Å². The number of halogens is 2. The summed E-state index contributed by atoms with van der Waals surface area (Å²) in [6, 6.07) is 8.11. The van der Waals surface area contributed by atoms with Crippen LogP contribution in [0, 0.1) is 0 Å². The van der Waals surface area contributed by atoms with Gasteiger partial charge in [-0.15, -0.1) is 5.10 Å². The molecule has 0 aliphatic carbocycles. The van der Waals surface area contributed by atoms with Gasteiger partial charge in [0, 0.05) is 11.5 Å². The van der Waals surface area contributed by atoms with E-state index in [2.05, 4.69) is 59.7 Å². The van der Waals surface area contributed by atoms with Crippen molar-refractivity contribution in [3.63, 3.8) is 0 Å². The number of nitrogens with zero attached hydrogens (tertiary/aromatic N) is 3. The van der Waals surface area contributed by atoms with Crippen molar-refractivity contribution in [1.82, 2.24) is 20.4 Å². The third-order valence-corrected chi connectivity index (χ3v) is 3.80. The molecule has 18 heavy (non-hydrogen) atoms. The van der Waals surface area contributed by atoms with E-state index in [1.54, 1.807) is 4.68 Å². The van der Waals surface area contributed by atoms with Gasteiger partial charge < -0.3 is 0 Å². The number of aryl methyl sites for hydroxylation is 1. The molecule has 0 radical (unpaired) electrons. The molecule has 3 N–H and O–H groups in total. The summed E-state index contributed by atoms with van der Waals surface area (Å²) in [5.41, 5.74) is 4.93. The van der Waals surface area contributed by atoms with Crippen LogP contribution in [0.25, 0.3) is 0 Å². The maximum Gasteiger partial charge on any atom is 0.153 e. The molecule has 1 atom stereocenters. The Labute approximate surface area is 122 Å². The second-order valence-corrected chi connectivity index (χ2v) is 5.61. The first-order valence-electron chi connectivity index (χ1n) is 5.37. The summed E-state index contributed by atoms with van der Waals surface area (Å²) in [7, 11) is 1.85. The lowest BCUT2D eigenvalue weighted by molar-refractivity contribution is 0.505. The van der Waals surface area contributed by atoms with E-state index in [1.165, 1.54) is 5.56 Å². The Balaban J connectivity index is 2.22. The zero-order valence-electron chi connectivity index (χ0n) is 9.77. The highest BCUT2D eigenvalue weighted by Gasteiger charge is 2.19. The molecule has 1 unspecified atom stereocenters. The van der Waals surface area contributed by atoms with Gasteiger partial charge in [-0.3, -0.25) is 11.3 Å². The van der Waals surface area contributed by atoms with E-state index < -0.39 is 0 Å². The molecule has 1 aromatic heterocycles. The molecule has 7 heteroatoms. The first kappa shape index (κ1) is 13.7. The van der Waals surface area contributed by atoms with Gasteiger partial charge in [0.05, 0.1) is 11.7 Å². The number of hydrogen-bond acceptors (Lipinski definition) is 4. The monoisotopic (exact) mass is 373 g/mol. The first-order chi connectivity index (χ1) is 8.61. The predicted molar refractivity (Wildman–Crippen MR) is 76.6 cm³/mol. The molecule has 1 aromatic carbocycles. The Morgan fingerprint density at radius 1 is 1.33 bits per heavy atom. The molecule has 2 rings (SSSR count). The number of aromatic nitrogens is 3. The maximum atomic E-state index is 5.63. The summed E-state index contributed by atoms with van der Waals surface area (Å²) < 4.78 is 3.49. The van der Waals surface area contributed by atoms with Crippen LogP contribution in [0.2, 0.25) is 0 Å². The van der Waals surface area contributed by atoms with Gasteiger partial charge in [0.25, 0.3) is 0 Å². The van der Waals surface area contributed by atoms with Crippen molar-refractivity contribution in [2.45, 2.75) is 12.5 Å². The molecule has 0 saturated carbocycles. The van der Waals surface area contributed by atoms with Crippen LogP contribution in [0.3, 0.4) is 0 Å². The van der Waals surface area contributed by atoms with E-state index in [0.29, 0.717) is 4.60 Å². The molecule has 1 heterocycles. The first-order valence-corrected chi connectivity index (χ1v) is 6.96. The Morgan fingerprint density at radius 2 is 2.00 bits per heavy atom. The van der Waals surface area contributed by atoms with Crippen molar-refractivity contribution in [2.75, 3.05) is 0 Å². The van der Waals surface area contributed by atoms with Crippen LogP contribution < -0.4 is 11.3 Å². The second kappa shape index (κ2) is 5.92. The highest BCUT2D eigenvalue weighted by molar-refractivity contribution is 9.10. The van der Waals surface area contributed by atoms with Gasteiger partial charge >= 0.3 is 0 Å². The number of nitrogens with one attached hydrogen (secondary N) is 1. The van der Waals surface area contributed by atoms with Crippen LogP contribution in [0.1, 0.15) is 17.3 Å². The van der Waals surface area contributed by atoms with Gasteiger partial charge in [-0.05, 0) is 40.0 Å². The fourth-order valence-corrected chi connectivity index (χ4v) is 2.67. The largest absolute Gasteiger partial charge is 0.271 e. The molecule has 0 fully saturated rings. The van der Waals surface area contributed by atoms with Gasteiger partial charge in [-0.25, -0.2) is 4.68 Å². The number of hydrogen-bond donors (Lipinski definition) is 2. The average Bonchev–Trinajstić information content (AvgIpc) is 2.69. The fourth-order valence-electron chi connectivity index (χ4n) is 1.80. The summed E-state index contributed by atoms with van der Waals surface area (Å²) in [6.07, 6.45) is 0.767. The van der Waals surface area contributed by atoms with Gasteiger partial charge in [0.15, 0.2) is 4.60 Å². The van der Waals surface area contributed by atoms with E-state index in [-0.39, 0.29) is 6.04 Å². The summed E-state index contributed by atoms with van der Waals surface area (Å²) >= 11 is 6.80. The summed E-state index contributed by atoms with van der Waals surface area (Å²) in [4.78, 5) is 0. The molecule has 0 saturated heterocycles. The van der Waals surface area contributed by atoms with Gasteiger partial charge in [0.2, 0.25) is 0 Å². The number of rotatable bonds is 4. The quantitative estimate of drug-likeness (QED) is 0.635. The van der Waals surface area contributed by atoms with Gasteiger partial charge in [0.1, 0.15) is 0 Å². The highest BCUT2D eigenvalue weighted by atomic mass is 79.9. The molecule has 2 aromatic rings. The average molecular weight is 375 g/mol. The Bertz CT molecular complexity index is 503. The second-order valence-electron chi connectivity index (χ2n) is 3.94. The van der Waals surface area contributed by atoms with Crippen molar-refractivity contribution < 1.29 is 0 Å². The summed E-state index contributed by atoms with van der Waals surface area (Å²) in [6.45, 7) is 0. The van der Waals surface area contributed by atoms with Crippen LogP contribution in [-0.4, -0.2) is 15.0 Å². The standard InChI is InChI=1S/C11H13Br2N5/c1-18-10(11(13)16-17-18)9(15-14)6-7-2-4-8(12)5-3-7/h2-5,9,15H,6,14H2,1H3. The lowest BCUT2D eigenvalue weighted by Gasteiger charge is -2.16. The summed E-state index contributed by atoms with van der Waals surface area (Å²) in [5.74, 6) is 5.63. The maximum absolute atomic E-state index is 5.63. The normalized spacial score (nSPS) is 12.7. The summed E-state index contributed by atoms with van der Waals surface area (Å²) in [5, 5.41) is 7.92. The number of nitrogens with two attached hydrogens (primary N) is 1. The third-order valence-electron chi connectivity index (χ3n) is 2.71. The van der Waals surface area contributed by atoms with Crippen LogP contribution >= 0.6 is 31.9 Å². The van der Waals surface area contributed by atoms with E-state index in [0.717, 1.165) is 16.6 Å². The molecular weight excluding hydrogens is 362 g/mol. The highest BCUT2D eigenvalue weighted by Crippen LogP contribution is 2.23. The van der Waals surface area contributed by atoms with Crippen molar-refractivity contribution in [1.29, 1.82) is 0 Å². The molecular formula is C11H13Br2N5. The van der Waals surface area contributed by atoms with E-state index in [4.69, 9.17) is 5.84 Å². The lowest BCUT2D eigenvalue weighted by Crippen LogP contribution is -2.31. The van der Waals surface area contributed by atoms with Crippen LogP contribution in [0.4, 0.5) is 0 Å². The molecule has 0 aliphatic rings. The smallest absolute Gasteiger partial charge is 0.153 e. The zero-order valence-corrected chi connectivity index (χ0v) is 12.9. The SMILES string of the molecule is Cn1nnc(Br)c1C(Cc1ccc(Br)cc1)NN. The molecule has 0 spiro atoms. The van der Waals surface area contributed by atoms with Crippen molar-refractivity contribution >= 4 is 31.9 Å². The third kappa shape index (κ3) is 2.97. The van der Waals surface area contributed by atoms with E-state index >= 15 is 0 Å². The van der Waals surface area contributed by atoms with Crippen LogP contribution in [0.5, 0.6) is 0 Å². The Hall–Kier alpha value is -0.760.